The molecule has 104 valence electrons. The maximum absolute atomic E-state index is 14.0. The Morgan fingerprint density at radius 1 is 1.35 bits per heavy atom. The third kappa shape index (κ3) is 2.47. The van der Waals surface area contributed by atoms with Crippen molar-refractivity contribution < 1.29 is 4.39 Å². The van der Waals surface area contributed by atoms with Crippen LogP contribution in [0.2, 0.25) is 0 Å². The van der Waals surface area contributed by atoms with Crippen molar-refractivity contribution in [3.63, 3.8) is 0 Å². The standard InChI is InChI=1S/C15H15BrFN3/c1-18-9-15(5-6-15)14-19-7-4-13(20-14)11-8-10(16)2-3-12(11)17/h2-4,7-8,18H,5-6,9H2,1H3. The first-order valence-corrected chi connectivity index (χ1v) is 7.37. The van der Waals surface area contributed by atoms with Gasteiger partial charge in [0.15, 0.2) is 0 Å². The molecule has 1 aliphatic carbocycles. The Bertz CT molecular complexity index is 641. The molecule has 1 heterocycles. The van der Waals surface area contributed by atoms with Crippen molar-refractivity contribution in [2.75, 3.05) is 13.6 Å². The largest absolute Gasteiger partial charge is 0.319 e. The average molecular weight is 336 g/mol. The molecule has 1 N–H and O–H groups in total. The molecule has 1 saturated carbocycles. The number of nitrogens with zero attached hydrogens (tertiary/aromatic N) is 2. The maximum Gasteiger partial charge on any atom is 0.136 e. The lowest BCUT2D eigenvalue weighted by atomic mass is 10.1. The van der Waals surface area contributed by atoms with Gasteiger partial charge in [-0.1, -0.05) is 15.9 Å². The van der Waals surface area contributed by atoms with E-state index in [4.69, 9.17) is 0 Å². The maximum atomic E-state index is 14.0. The highest BCUT2D eigenvalue weighted by molar-refractivity contribution is 9.10. The number of likely N-dealkylation sites (N-methyl/N-ethyl adjacent to an activating group) is 1. The average Bonchev–Trinajstić information content (AvgIpc) is 3.23. The van der Waals surface area contributed by atoms with E-state index in [0.717, 1.165) is 29.7 Å². The molecule has 0 amide bonds. The predicted molar refractivity (Wildman–Crippen MR) is 80.0 cm³/mol. The van der Waals surface area contributed by atoms with Gasteiger partial charge in [-0.3, -0.25) is 0 Å². The molecule has 1 aromatic heterocycles. The van der Waals surface area contributed by atoms with Gasteiger partial charge in [-0.05, 0) is 44.2 Å². The molecule has 0 saturated heterocycles. The van der Waals surface area contributed by atoms with Gasteiger partial charge in [0.2, 0.25) is 0 Å². The van der Waals surface area contributed by atoms with Gasteiger partial charge in [0.05, 0.1) is 5.69 Å². The summed E-state index contributed by atoms with van der Waals surface area (Å²) in [4.78, 5) is 8.97. The van der Waals surface area contributed by atoms with Crippen molar-refractivity contribution in [1.82, 2.24) is 15.3 Å². The molecule has 2 aromatic rings. The zero-order chi connectivity index (χ0) is 14.2. The highest BCUT2D eigenvalue weighted by atomic mass is 79.9. The van der Waals surface area contributed by atoms with Crippen LogP contribution in [0.25, 0.3) is 11.3 Å². The Hall–Kier alpha value is -1.33. The molecule has 1 aliphatic rings. The lowest BCUT2D eigenvalue weighted by Crippen LogP contribution is -2.25. The summed E-state index contributed by atoms with van der Waals surface area (Å²) in [7, 11) is 1.93. The highest BCUT2D eigenvalue weighted by Gasteiger charge is 2.46. The summed E-state index contributed by atoms with van der Waals surface area (Å²) >= 11 is 3.37. The Morgan fingerprint density at radius 2 is 2.15 bits per heavy atom. The zero-order valence-electron chi connectivity index (χ0n) is 11.2. The first-order chi connectivity index (χ1) is 9.64. The minimum Gasteiger partial charge on any atom is -0.319 e. The van der Waals surface area contributed by atoms with Gasteiger partial charge < -0.3 is 5.32 Å². The van der Waals surface area contributed by atoms with Gasteiger partial charge in [0.25, 0.3) is 0 Å². The van der Waals surface area contributed by atoms with Crippen LogP contribution in [0, 0.1) is 5.82 Å². The molecule has 5 heteroatoms. The van der Waals surface area contributed by atoms with Crippen molar-refractivity contribution >= 4 is 15.9 Å². The smallest absolute Gasteiger partial charge is 0.136 e. The summed E-state index contributed by atoms with van der Waals surface area (Å²) in [6.45, 7) is 0.859. The SMILES string of the molecule is CNCC1(c2nccc(-c3cc(Br)ccc3F)n2)CC1. The fourth-order valence-corrected chi connectivity index (χ4v) is 2.79. The van der Waals surface area contributed by atoms with Crippen LogP contribution in [0.4, 0.5) is 4.39 Å². The Morgan fingerprint density at radius 3 is 2.85 bits per heavy atom. The zero-order valence-corrected chi connectivity index (χ0v) is 12.7. The monoisotopic (exact) mass is 335 g/mol. The minimum atomic E-state index is -0.267. The third-order valence-corrected chi connectivity index (χ3v) is 4.20. The summed E-state index contributed by atoms with van der Waals surface area (Å²) in [5, 5.41) is 3.19. The lowest BCUT2D eigenvalue weighted by molar-refractivity contribution is 0.587. The molecule has 1 aromatic carbocycles. The summed E-state index contributed by atoms with van der Waals surface area (Å²) < 4.78 is 14.8. The quantitative estimate of drug-likeness (QED) is 0.931. The first kappa shape index (κ1) is 13.6. The molecule has 0 radical (unpaired) electrons. The molecule has 3 nitrogen and oxygen atoms in total. The number of benzene rings is 1. The summed E-state index contributed by atoms with van der Waals surface area (Å²) in [5.74, 6) is 0.542. The van der Waals surface area contributed by atoms with Gasteiger partial charge in [0, 0.05) is 28.2 Å². The second kappa shape index (κ2) is 5.22. The number of hydrogen-bond donors (Lipinski definition) is 1. The van der Waals surface area contributed by atoms with E-state index in [1.165, 1.54) is 6.07 Å². The molecule has 0 unspecified atom stereocenters. The number of halogens is 2. The number of nitrogens with one attached hydrogen (secondary N) is 1. The van der Waals surface area contributed by atoms with Gasteiger partial charge in [-0.25, -0.2) is 14.4 Å². The predicted octanol–water partition coefficient (Wildman–Crippen LogP) is 3.30. The first-order valence-electron chi connectivity index (χ1n) is 6.58. The molecule has 1 fully saturated rings. The van der Waals surface area contributed by atoms with Crippen LogP contribution >= 0.6 is 15.9 Å². The van der Waals surface area contributed by atoms with Crippen LogP contribution in [0.3, 0.4) is 0 Å². The second-order valence-corrected chi connectivity index (χ2v) is 6.12. The normalized spacial score (nSPS) is 16.1. The topological polar surface area (TPSA) is 37.8 Å². The Balaban J connectivity index is 2.01. The summed E-state index contributed by atoms with van der Waals surface area (Å²) in [6, 6.07) is 6.63. The third-order valence-electron chi connectivity index (χ3n) is 3.70. The van der Waals surface area contributed by atoms with Gasteiger partial charge in [0.1, 0.15) is 11.6 Å². The number of hydrogen-bond acceptors (Lipinski definition) is 3. The minimum absolute atomic E-state index is 0.0350. The fourth-order valence-electron chi connectivity index (χ4n) is 2.43. The van der Waals surface area contributed by atoms with E-state index in [-0.39, 0.29) is 11.2 Å². The Labute approximate surface area is 125 Å². The van der Waals surface area contributed by atoms with E-state index in [1.54, 1.807) is 24.4 Å². The fraction of sp³-hybridized carbons (Fsp3) is 0.333. The highest BCUT2D eigenvalue weighted by Crippen LogP contribution is 2.46. The van der Waals surface area contributed by atoms with E-state index in [9.17, 15) is 4.39 Å². The molecule has 20 heavy (non-hydrogen) atoms. The molecule has 0 aliphatic heterocycles. The molecule has 0 spiro atoms. The van der Waals surface area contributed by atoms with Crippen LogP contribution < -0.4 is 5.32 Å². The van der Waals surface area contributed by atoms with Gasteiger partial charge >= 0.3 is 0 Å². The molecule has 0 atom stereocenters. The molecule has 3 rings (SSSR count). The molecular weight excluding hydrogens is 321 g/mol. The number of rotatable bonds is 4. The number of aromatic nitrogens is 2. The van der Waals surface area contributed by atoms with E-state index in [0.29, 0.717) is 11.3 Å². The van der Waals surface area contributed by atoms with Crippen LogP contribution in [-0.4, -0.2) is 23.6 Å². The van der Waals surface area contributed by atoms with E-state index < -0.39 is 0 Å². The van der Waals surface area contributed by atoms with E-state index >= 15 is 0 Å². The molecular formula is C15H15BrFN3. The Kier molecular flexibility index (Phi) is 3.56. The van der Waals surface area contributed by atoms with Crippen LogP contribution in [0.5, 0.6) is 0 Å². The van der Waals surface area contributed by atoms with Crippen molar-refractivity contribution in [2.24, 2.45) is 0 Å². The van der Waals surface area contributed by atoms with Crippen molar-refractivity contribution in [2.45, 2.75) is 18.3 Å². The summed E-state index contributed by atoms with van der Waals surface area (Å²) in [5.41, 5.74) is 1.17. The lowest BCUT2D eigenvalue weighted by Gasteiger charge is -2.14. The van der Waals surface area contributed by atoms with Crippen LogP contribution in [0.15, 0.2) is 34.9 Å². The van der Waals surface area contributed by atoms with Crippen LogP contribution in [-0.2, 0) is 5.41 Å². The molecule has 0 bridgehead atoms. The van der Waals surface area contributed by atoms with Crippen LogP contribution in [0.1, 0.15) is 18.7 Å². The van der Waals surface area contributed by atoms with Gasteiger partial charge in [-0.15, -0.1) is 0 Å². The van der Waals surface area contributed by atoms with Crippen molar-refractivity contribution in [1.29, 1.82) is 0 Å². The second-order valence-electron chi connectivity index (χ2n) is 5.20. The van der Waals surface area contributed by atoms with E-state index in [2.05, 4.69) is 31.2 Å². The van der Waals surface area contributed by atoms with Crippen molar-refractivity contribution in [3.8, 4) is 11.3 Å². The van der Waals surface area contributed by atoms with E-state index in [1.807, 2.05) is 7.05 Å². The van der Waals surface area contributed by atoms with Crippen molar-refractivity contribution in [3.05, 3.63) is 46.6 Å². The summed E-state index contributed by atoms with van der Waals surface area (Å²) in [6.07, 6.45) is 3.88. The van der Waals surface area contributed by atoms with Gasteiger partial charge in [-0.2, -0.15) is 0 Å².